The topological polar surface area (TPSA) is 80.3 Å². The number of nitrogens with one attached hydrogen (secondary N) is 2. The van der Waals surface area contributed by atoms with Gasteiger partial charge in [-0.05, 0) is 35.9 Å². The Hall–Kier alpha value is -3.38. The first-order valence-corrected chi connectivity index (χ1v) is 9.44. The Morgan fingerprint density at radius 1 is 0.862 bits per heavy atom. The first-order valence-electron chi connectivity index (χ1n) is 9.06. The number of carbonyl (C=O) groups is 2. The second-order valence-corrected chi connectivity index (χ2v) is 6.61. The molecule has 0 spiro atoms. The van der Waals surface area contributed by atoms with Crippen molar-refractivity contribution < 1.29 is 14.3 Å². The summed E-state index contributed by atoms with van der Waals surface area (Å²) in [5, 5.41) is 6.07. The predicted octanol–water partition coefficient (Wildman–Crippen LogP) is 3.47. The van der Waals surface area contributed by atoms with E-state index in [1.165, 1.54) is 6.20 Å². The minimum atomic E-state index is -0.266. The van der Waals surface area contributed by atoms with Gasteiger partial charge in [-0.3, -0.25) is 9.59 Å². The molecule has 0 aliphatic carbocycles. The van der Waals surface area contributed by atoms with Gasteiger partial charge in [0.15, 0.2) is 0 Å². The lowest BCUT2D eigenvalue weighted by Crippen LogP contribution is -2.34. The van der Waals surface area contributed by atoms with E-state index in [-0.39, 0.29) is 11.8 Å². The molecule has 3 aromatic rings. The average Bonchev–Trinajstić information content (AvgIpc) is 2.76. The van der Waals surface area contributed by atoms with Crippen LogP contribution in [-0.2, 0) is 6.61 Å². The van der Waals surface area contributed by atoms with Gasteiger partial charge in [0, 0.05) is 41.5 Å². The van der Waals surface area contributed by atoms with Crippen LogP contribution in [0.4, 0.5) is 0 Å². The number of carbonyl (C=O) groups excluding carboxylic acids is 2. The molecule has 2 amide bonds. The Morgan fingerprint density at radius 3 is 2.21 bits per heavy atom. The van der Waals surface area contributed by atoms with Gasteiger partial charge in [0.25, 0.3) is 11.8 Å². The van der Waals surface area contributed by atoms with E-state index in [2.05, 4.69) is 15.6 Å². The summed E-state index contributed by atoms with van der Waals surface area (Å²) < 4.78 is 5.64. The molecule has 3 rings (SSSR count). The average molecular weight is 410 g/mol. The zero-order valence-corrected chi connectivity index (χ0v) is 16.4. The highest BCUT2D eigenvalue weighted by molar-refractivity contribution is 6.30. The molecular weight excluding hydrogens is 390 g/mol. The summed E-state index contributed by atoms with van der Waals surface area (Å²) in [5.41, 5.74) is 1.96. The maximum absolute atomic E-state index is 12.3. The molecule has 0 saturated heterocycles. The van der Waals surface area contributed by atoms with Crippen LogP contribution in [0.5, 0.6) is 5.88 Å². The van der Waals surface area contributed by atoms with Gasteiger partial charge in [-0.2, -0.15) is 0 Å². The molecule has 7 heteroatoms. The van der Waals surface area contributed by atoms with Crippen molar-refractivity contribution in [3.63, 3.8) is 0 Å². The summed E-state index contributed by atoms with van der Waals surface area (Å²) in [6.45, 7) is 0.964. The molecule has 2 aromatic carbocycles. The van der Waals surface area contributed by atoms with Gasteiger partial charge in [0.05, 0.1) is 0 Å². The van der Waals surface area contributed by atoms with E-state index in [4.69, 9.17) is 16.3 Å². The van der Waals surface area contributed by atoms with E-state index in [9.17, 15) is 9.59 Å². The molecule has 6 nitrogen and oxygen atoms in total. The number of hydrogen-bond acceptors (Lipinski definition) is 4. The first-order chi connectivity index (χ1) is 14.1. The van der Waals surface area contributed by atoms with Crippen molar-refractivity contribution in [3.05, 3.63) is 94.6 Å². The molecule has 1 aromatic heterocycles. The predicted molar refractivity (Wildman–Crippen MR) is 111 cm³/mol. The van der Waals surface area contributed by atoms with Gasteiger partial charge in [-0.25, -0.2) is 4.98 Å². The van der Waals surface area contributed by atoms with Crippen molar-refractivity contribution in [3.8, 4) is 5.88 Å². The summed E-state index contributed by atoms with van der Waals surface area (Å²) in [6.07, 6.45) is 1.53. The standard InChI is InChI=1S/C22H20ClN3O3/c23-19-8-6-17(7-9-19)21(27)25-12-13-26-22(28)18-10-11-24-20(14-18)29-15-16-4-2-1-3-5-16/h1-11,14H,12-13,15H2,(H,25,27)(H,26,28). The number of nitrogens with zero attached hydrogens (tertiary/aromatic N) is 1. The number of rotatable bonds is 8. The van der Waals surface area contributed by atoms with Crippen LogP contribution in [-0.4, -0.2) is 29.9 Å². The van der Waals surface area contributed by atoms with E-state index < -0.39 is 0 Å². The molecule has 0 aliphatic rings. The lowest BCUT2D eigenvalue weighted by molar-refractivity contribution is 0.0927. The zero-order valence-electron chi connectivity index (χ0n) is 15.6. The van der Waals surface area contributed by atoms with Crippen molar-refractivity contribution in [1.82, 2.24) is 15.6 Å². The summed E-state index contributed by atoms with van der Waals surface area (Å²) >= 11 is 5.81. The van der Waals surface area contributed by atoms with Gasteiger partial charge < -0.3 is 15.4 Å². The SMILES string of the molecule is O=C(NCCNC(=O)c1ccnc(OCc2ccccc2)c1)c1ccc(Cl)cc1. The number of halogens is 1. The second kappa shape index (κ2) is 10.2. The van der Waals surface area contributed by atoms with Gasteiger partial charge >= 0.3 is 0 Å². The van der Waals surface area contributed by atoms with Crippen molar-refractivity contribution in [2.24, 2.45) is 0 Å². The van der Waals surface area contributed by atoms with Gasteiger partial charge in [-0.1, -0.05) is 41.9 Å². The Bertz CT molecular complexity index is 963. The Kier molecular flexibility index (Phi) is 7.19. The molecule has 0 bridgehead atoms. The first kappa shape index (κ1) is 20.4. The minimum absolute atomic E-state index is 0.226. The van der Waals surface area contributed by atoms with E-state index in [0.717, 1.165) is 5.56 Å². The normalized spacial score (nSPS) is 10.2. The number of benzene rings is 2. The van der Waals surface area contributed by atoms with Crippen LogP contribution >= 0.6 is 11.6 Å². The molecule has 1 heterocycles. The van der Waals surface area contributed by atoms with Crippen LogP contribution in [0.25, 0.3) is 0 Å². The molecule has 2 N–H and O–H groups in total. The number of ether oxygens (including phenoxy) is 1. The molecule has 0 fully saturated rings. The summed E-state index contributed by atoms with van der Waals surface area (Å²) in [6, 6.07) is 19.5. The highest BCUT2D eigenvalue weighted by Gasteiger charge is 2.08. The highest BCUT2D eigenvalue weighted by atomic mass is 35.5. The van der Waals surface area contributed by atoms with E-state index in [1.807, 2.05) is 30.3 Å². The monoisotopic (exact) mass is 409 g/mol. The van der Waals surface area contributed by atoms with Crippen LogP contribution in [0, 0.1) is 0 Å². The number of aromatic nitrogens is 1. The molecule has 0 saturated carbocycles. The zero-order chi connectivity index (χ0) is 20.5. The minimum Gasteiger partial charge on any atom is -0.473 e. The lowest BCUT2D eigenvalue weighted by Gasteiger charge is -2.09. The van der Waals surface area contributed by atoms with E-state index in [0.29, 0.717) is 41.7 Å². The molecule has 0 atom stereocenters. The summed E-state index contributed by atoms with van der Waals surface area (Å²) in [4.78, 5) is 28.4. The third-order valence-corrected chi connectivity index (χ3v) is 4.28. The quantitative estimate of drug-likeness (QED) is 0.558. The fraction of sp³-hybridized carbons (Fsp3) is 0.136. The largest absolute Gasteiger partial charge is 0.473 e. The fourth-order valence-corrected chi connectivity index (χ4v) is 2.64. The van der Waals surface area contributed by atoms with Gasteiger partial charge in [0.1, 0.15) is 6.61 Å². The summed E-state index contributed by atoms with van der Waals surface area (Å²) in [5.74, 6) is -0.119. The molecule has 148 valence electrons. The molecular formula is C22H20ClN3O3. The lowest BCUT2D eigenvalue weighted by atomic mass is 10.2. The number of pyridine rings is 1. The number of amides is 2. The van der Waals surface area contributed by atoms with E-state index in [1.54, 1.807) is 36.4 Å². The molecule has 0 radical (unpaired) electrons. The van der Waals surface area contributed by atoms with Crippen LogP contribution in [0.2, 0.25) is 5.02 Å². The van der Waals surface area contributed by atoms with E-state index >= 15 is 0 Å². The van der Waals surface area contributed by atoms with Crippen molar-refractivity contribution in [2.75, 3.05) is 13.1 Å². The molecule has 29 heavy (non-hydrogen) atoms. The van der Waals surface area contributed by atoms with Crippen molar-refractivity contribution in [2.45, 2.75) is 6.61 Å². The second-order valence-electron chi connectivity index (χ2n) is 6.18. The maximum Gasteiger partial charge on any atom is 0.251 e. The highest BCUT2D eigenvalue weighted by Crippen LogP contribution is 2.12. The maximum atomic E-state index is 12.3. The Balaban J connectivity index is 1.44. The Labute approximate surface area is 173 Å². The van der Waals surface area contributed by atoms with Crippen LogP contribution in [0.1, 0.15) is 26.3 Å². The third kappa shape index (κ3) is 6.33. The summed E-state index contributed by atoms with van der Waals surface area (Å²) in [7, 11) is 0. The number of hydrogen-bond donors (Lipinski definition) is 2. The van der Waals surface area contributed by atoms with Gasteiger partial charge in [-0.15, -0.1) is 0 Å². The Morgan fingerprint density at radius 2 is 1.52 bits per heavy atom. The van der Waals surface area contributed by atoms with Gasteiger partial charge in [0.2, 0.25) is 5.88 Å². The van der Waals surface area contributed by atoms with Crippen LogP contribution < -0.4 is 15.4 Å². The molecule has 0 unspecified atom stereocenters. The van der Waals surface area contributed by atoms with Crippen molar-refractivity contribution >= 4 is 23.4 Å². The fourth-order valence-electron chi connectivity index (χ4n) is 2.52. The van der Waals surface area contributed by atoms with Crippen molar-refractivity contribution in [1.29, 1.82) is 0 Å². The van der Waals surface area contributed by atoms with Crippen LogP contribution in [0.3, 0.4) is 0 Å². The smallest absolute Gasteiger partial charge is 0.251 e. The van der Waals surface area contributed by atoms with Crippen LogP contribution in [0.15, 0.2) is 72.9 Å². The molecule has 0 aliphatic heterocycles. The third-order valence-electron chi connectivity index (χ3n) is 4.03.